The summed E-state index contributed by atoms with van der Waals surface area (Å²) in [6.45, 7) is 8.61. The highest BCUT2D eigenvalue weighted by Gasteiger charge is 2.13. The van der Waals surface area contributed by atoms with Crippen molar-refractivity contribution >= 4 is 11.6 Å². The number of nitrogens with zero attached hydrogens (tertiary/aromatic N) is 2. The van der Waals surface area contributed by atoms with Gasteiger partial charge in [0.25, 0.3) is 0 Å². The van der Waals surface area contributed by atoms with Crippen LogP contribution in [0.4, 0.5) is 0 Å². The molecule has 1 aromatic rings. The fourth-order valence-corrected chi connectivity index (χ4v) is 2.36. The molecule has 0 aromatic carbocycles. The zero-order chi connectivity index (χ0) is 12.8. The Labute approximate surface area is 110 Å². The van der Waals surface area contributed by atoms with Crippen LogP contribution in [0.5, 0.6) is 0 Å². The van der Waals surface area contributed by atoms with Crippen molar-refractivity contribution in [2.45, 2.75) is 40.0 Å². The van der Waals surface area contributed by atoms with Gasteiger partial charge in [0, 0.05) is 7.05 Å². The normalized spacial score (nSPS) is 13.0. The van der Waals surface area contributed by atoms with Crippen molar-refractivity contribution in [2.24, 2.45) is 13.0 Å². The Bertz CT molecular complexity index is 347. The number of aryl methyl sites for hydroxylation is 2. The first-order chi connectivity index (χ1) is 8.10. The van der Waals surface area contributed by atoms with Crippen LogP contribution in [0.2, 0.25) is 5.02 Å². The SMILES string of the molecule is CCNCC(C)CCc1c(Cl)c(CC)nn1C. The van der Waals surface area contributed by atoms with Gasteiger partial charge >= 0.3 is 0 Å². The molecule has 0 spiro atoms. The molecule has 0 aliphatic carbocycles. The minimum Gasteiger partial charge on any atom is -0.317 e. The van der Waals surface area contributed by atoms with Gasteiger partial charge in [-0.3, -0.25) is 4.68 Å². The summed E-state index contributed by atoms with van der Waals surface area (Å²) in [6.07, 6.45) is 3.06. The van der Waals surface area contributed by atoms with Crippen molar-refractivity contribution in [1.82, 2.24) is 15.1 Å². The molecule has 1 heterocycles. The molecule has 1 atom stereocenters. The number of halogens is 1. The van der Waals surface area contributed by atoms with Crippen molar-refractivity contribution in [3.05, 3.63) is 16.4 Å². The number of rotatable bonds is 7. The molecule has 1 unspecified atom stereocenters. The van der Waals surface area contributed by atoms with Crippen LogP contribution in [0, 0.1) is 5.92 Å². The third-order valence-corrected chi connectivity index (χ3v) is 3.56. The molecule has 0 aliphatic rings. The molecule has 3 nitrogen and oxygen atoms in total. The second-order valence-corrected chi connectivity index (χ2v) is 5.01. The van der Waals surface area contributed by atoms with E-state index < -0.39 is 0 Å². The zero-order valence-corrected chi connectivity index (χ0v) is 12.1. The molecule has 1 N–H and O–H groups in total. The standard InChI is InChI=1S/C13H24ClN3/c1-5-11-13(14)12(17(4)16-11)8-7-10(3)9-15-6-2/h10,15H,5-9H2,1-4H3. The van der Waals surface area contributed by atoms with Crippen LogP contribution < -0.4 is 5.32 Å². The van der Waals surface area contributed by atoms with E-state index >= 15 is 0 Å². The van der Waals surface area contributed by atoms with Gasteiger partial charge in [0.2, 0.25) is 0 Å². The van der Waals surface area contributed by atoms with Gasteiger partial charge in [0.15, 0.2) is 0 Å². The first-order valence-corrected chi connectivity index (χ1v) is 6.88. The lowest BCUT2D eigenvalue weighted by molar-refractivity contribution is 0.481. The Morgan fingerprint density at radius 2 is 2.12 bits per heavy atom. The molecule has 1 aromatic heterocycles. The maximum absolute atomic E-state index is 6.32. The van der Waals surface area contributed by atoms with Crippen LogP contribution in [-0.4, -0.2) is 22.9 Å². The molecular weight excluding hydrogens is 234 g/mol. The summed E-state index contributed by atoms with van der Waals surface area (Å²) in [5.74, 6) is 0.672. The second-order valence-electron chi connectivity index (χ2n) is 4.64. The monoisotopic (exact) mass is 257 g/mol. The number of aromatic nitrogens is 2. The molecular formula is C13H24ClN3. The third kappa shape index (κ3) is 4.00. The van der Waals surface area contributed by atoms with Crippen molar-refractivity contribution in [3.8, 4) is 0 Å². The Hall–Kier alpha value is -0.540. The van der Waals surface area contributed by atoms with E-state index in [-0.39, 0.29) is 0 Å². The Morgan fingerprint density at radius 1 is 1.41 bits per heavy atom. The molecule has 0 bridgehead atoms. The first kappa shape index (κ1) is 14.5. The molecule has 4 heteroatoms. The molecule has 17 heavy (non-hydrogen) atoms. The smallest absolute Gasteiger partial charge is 0.0849 e. The van der Waals surface area contributed by atoms with Crippen molar-refractivity contribution in [2.75, 3.05) is 13.1 Å². The summed E-state index contributed by atoms with van der Waals surface area (Å²) in [7, 11) is 1.98. The average Bonchev–Trinajstić information content (AvgIpc) is 2.59. The molecule has 0 saturated heterocycles. The Morgan fingerprint density at radius 3 is 2.65 bits per heavy atom. The molecule has 0 saturated carbocycles. The summed E-state index contributed by atoms with van der Waals surface area (Å²) in [5.41, 5.74) is 2.19. The predicted octanol–water partition coefficient (Wildman–Crippen LogP) is 2.81. The van der Waals surface area contributed by atoms with E-state index in [1.165, 1.54) is 5.69 Å². The summed E-state index contributed by atoms with van der Waals surface area (Å²) in [5, 5.41) is 8.68. The number of hydrogen-bond donors (Lipinski definition) is 1. The van der Waals surface area contributed by atoms with Gasteiger partial charge in [-0.05, 0) is 38.3 Å². The van der Waals surface area contributed by atoms with Crippen LogP contribution >= 0.6 is 11.6 Å². The van der Waals surface area contributed by atoms with E-state index in [1.54, 1.807) is 0 Å². The Balaban J connectivity index is 2.54. The highest BCUT2D eigenvalue weighted by Crippen LogP contribution is 2.23. The first-order valence-electron chi connectivity index (χ1n) is 6.51. The third-order valence-electron chi connectivity index (χ3n) is 3.12. The molecule has 0 fully saturated rings. The van der Waals surface area contributed by atoms with E-state index in [0.29, 0.717) is 5.92 Å². The van der Waals surface area contributed by atoms with Crippen molar-refractivity contribution < 1.29 is 0 Å². The predicted molar refractivity (Wildman–Crippen MR) is 73.6 cm³/mol. The highest BCUT2D eigenvalue weighted by atomic mass is 35.5. The minimum absolute atomic E-state index is 0.672. The van der Waals surface area contributed by atoms with E-state index in [0.717, 1.165) is 43.1 Å². The zero-order valence-electron chi connectivity index (χ0n) is 11.4. The number of nitrogens with one attached hydrogen (secondary N) is 1. The molecule has 0 amide bonds. The lowest BCUT2D eigenvalue weighted by Gasteiger charge is -2.11. The maximum atomic E-state index is 6.32. The van der Waals surface area contributed by atoms with E-state index in [9.17, 15) is 0 Å². The fourth-order valence-electron chi connectivity index (χ4n) is 1.97. The lowest BCUT2D eigenvalue weighted by Crippen LogP contribution is -2.21. The highest BCUT2D eigenvalue weighted by molar-refractivity contribution is 6.31. The molecule has 98 valence electrons. The summed E-state index contributed by atoms with van der Waals surface area (Å²) < 4.78 is 1.93. The van der Waals surface area contributed by atoms with Crippen LogP contribution in [0.15, 0.2) is 0 Å². The van der Waals surface area contributed by atoms with Crippen LogP contribution in [-0.2, 0) is 19.9 Å². The van der Waals surface area contributed by atoms with Crippen LogP contribution in [0.25, 0.3) is 0 Å². The average molecular weight is 258 g/mol. The largest absolute Gasteiger partial charge is 0.317 e. The van der Waals surface area contributed by atoms with Gasteiger partial charge in [0.05, 0.1) is 16.4 Å². The summed E-state index contributed by atoms with van der Waals surface area (Å²) in [4.78, 5) is 0. The van der Waals surface area contributed by atoms with Gasteiger partial charge in [-0.15, -0.1) is 0 Å². The van der Waals surface area contributed by atoms with Gasteiger partial charge in [-0.2, -0.15) is 5.10 Å². The van der Waals surface area contributed by atoms with Gasteiger partial charge < -0.3 is 5.32 Å². The van der Waals surface area contributed by atoms with Crippen LogP contribution in [0.1, 0.15) is 38.6 Å². The number of hydrogen-bond acceptors (Lipinski definition) is 2. The minimum atomic E-state index is 0.672. The molecule has 1 rings (SSSR count). The summed E-state index contributed by atoms with van der Waals surface area (Å²) in [6, 6.07) is 0. The topological polar surface area (TPSA) is 29.9 Å². The van der Waals surface area contributed by atoms with E-state index in [2.05, 4.69) is 31.2 Å². The van der Waals surface area contributed by atoms with E-state index in [4.69, 9.17) is 11.6 Å². The Kier molecular flexibility index (Phi) is 6.00. The summed E-state index contributed by atoms with van der Waals surface area (Å²) >= 11 is 6.32. The van der Waals surface area contributed by atoms with Crippen molar-refractivity contribution in [3.63, 3.8) is 0 Å². The quantitative estimate of drug-likeness (QED) is 0.814. The fraction of sp³-hybridized carbons (Fsp3) is 0.769. The lowest BCUT2D eigenvalue weighted by atomic mass is 10.0. The molecule has 0 aliphatic heterocycles. The van der Waals surface area contributed by atoms with Crippen molar-refractivity contribution in [1.29, 1.82) is 0 Å². The van der Waals surface area contributed by atoms with Gasteiger partial charge in [0.1, 0.15) is 0 Å². The second kappa shape index (κ2) is 7.02. The van der Waals surface area contributed by atoms with E-state index in [1.807, 2.05) is 11.7 Å². The maximum Gasteiger partial charge on any atom is 0.0849 e. The molecule has 0 radical (unpaired) electrons. The van der Waals surface area contributed by atoms with Gasteiger partial charge in [-0.25, -0.2) is 0 Å². The van der Waals surface area contributed by atoms with Gasteiger partial charge in [-0.1, -0.05) is 32.4 Å². The van der Waals surface area contributed by atoms with Crippen LogP contribution in [0.3, 0.4) is 0 Å².